The van der Waals surface area contributed by atoms with Crippen molar-refractivity contribution in [2.75, 3.05) is 0 Å². The molecule has 0 saturated carbocycles. The molecule has 0 heterocycles. The molecule has 0 unspecified atom stereocenters. The van der Waals surface area contributed by atoms with Crippen molar-refractivity contribution in [2.24, 2.45) is 0 Å². The predicted molar refractivity (Wildman–Crippen MR) is 108 cm³/mol. The van der Waals surface area contributed by atoms with Crippen LogP contribution in [0.3, 0.4) is 0 Å². The molecule has 4 nitrogen and oxygen atoms in total. The lowest BCUT2D eigenvalue weighted by Gasteiger charge is -2.10. The Balaban J connectivity index is 2.00. The number of hydrogen-bond donors (Lipinski definition) is 1. The summed E-state index contributed by atoms with van der Waals surface area (Å²) >= 11 is 0. The lowest BCUT2D eigenvalue weighted by atomic mass is 10.1. The quantitative estimate of drug-likeness (QED) is 0.442. The lowest BCUT2D eigenvalue weighted by Crippen LogP contribution is -2.09. The average molecular weight is 462 g/mol. The molecule has 0 bridgehead atoms. The zero-order valence-electron chi connectivity index (χ0n) is 16.2. The first kappa shape index (κ1) is 23.0. The van der Waals surface area contributed by atoms with E-state index in [0.717, 1.165) is 42.5 Å². The van der Waals surface area contributed by atoms with Crippen LogP contribution in [-0.2, 0) is 21.8 Å². The van der Waals surface area contributed by atoms with Gasteiger partial charge in [-0.1, -0.05) is 24.0 Å². The molecule has 164 valence electrons. The number of sulfone groups is 1. The number of halogens is 4. The van der Waals surface area contributed by atoms with Gasteiger partial charge in [0.15, 0.2) is 9.84 Å². The molecule has 0 aliphatic heterocycles. The van der Waals surface area contributed by atoms with Gasteiger partial charge in [0.1, 0.15) is 5.82 Å². The van der Waals surface area contributed by atoms with Crippen molar-refractivity contribution in [1.29, 1.82) is 0 Å². The molecule has 0 saturated heterocycles. The summed E-state index contributed by atoms with van der Waals surface area (Å²) in [6, 6.07) is 12.1. The third-order valence-electron chi connectivity index (χ3n) is 4.39. The first-order chi connectivity index (χ1) is 15.0. The fourth-order valence-electron chi connectivity index (χ4n) is 2.79. The molecular weight excluding hydrogens is 448 g/mol. The molecule has 3 aromatic carbocycles. The normalized spacial score (nSPS) is 11.5. The molecule has 9 heteroatoms. The van der Waals surface area contributed by atoms with Gasteiger partial charge in [-0.3, -0.25) is 0 Å². The minimum absolute atomic E-state index is 0.0962. The maximum atomic E-state index is 13.1. The third-order valence-corrected chi connectivity index (χ3v) is 6.12. The van der Waals surface area contributed by atoms with Gasteiger partial charge >= 0.3 is 12.1 Å². The van der Waals surface area contributed by atoms with Crippen LogP contribution in [0.5, 0.6) is 0 Å². The molecule has 0 aliphatic carbocycles. The summed E-state index contributed by atoms with van der Waals surface area (Å²) in [4.78, 5) is 11.0. The Morgan fingerprint density at radius 3 is 2.09 bits per heavy atom. The van der Waals surface area contributed by atoms with E-state index in [1.54, 1.807) is 0 Å². The molecule has 3 rings (SSSR count). The van der Waals surface area contributed by atoms with Gasteiger partial charge < -0.3 is 5.11 Å². The number of alkyl halides is 3. The predicted octanol–water partition coefficient (Wildman–Crippen LogP) is 4.92. The maximum absolute atomic E-state index is 13.1. The Morgan fingerprint density at radius 1 is 0.906 bits per heavy atom. The van der Waals surface area contributed by atoms with Crippen molar-refractivity contribution >= 4 is 15.8 Å². The molecular formula is C23H14F4O4S. The number of carboxylic acid groups (broad SMARTS) is 1. The monoisotopic (exact) mass is 462 g/mol. The largest absolute Gasteiger partial charge is 0.478 e. The summed E-state index contributed by atoms with van der Waals surface area (Å²) in [5, 5.41) is 9.21. The molecule has 0 radical (unpaired) electrons. The average Bonchev–Trinajstić information content (AvgIpc) is 2.72. The molecule has 0 fully saturated rings. The summed E-state index contributed by atoms with van der Waals surface area (Å²) in [6.07, 6.45) is -4.55. The van der Waals surface area contributed by atoms with Crippen molar-refractivity contribution in [1.82, 2.24) is 0 Å². The number of aromatic carboxylic acids is 1. The van der Waals surface area contributed by atoms with E-state index in [0.29, 0.717) is 5.56 Å². The van der Waals surface area contributed by atoms with E-state index in [9.17, 15) is 35.9 Å². The van der Waals surface area contributed by atoms with Gasteiger partial charge in [-0.25, -0.2) is 17.6 Å². The van der Waals surface area contributed by atoms with Crippen molar-refractivity contribution < 1.29 is 35.9 Å². The lowest BCUT2D eigenvalue weighted by molar-refractivity contribution is -0.137. The van der Waals surface area contributed by atoms with E-state index in [4.69, 9.17) is 0 Å². The Morgan fingerprint density at radius 2 is 1.53 bits per heavy atom. The zero-order valence-corrected chi connectivity index (χ0v) is 17.0. The zero-order chi connectivity index (χ0) is 23.5. The van der Waals surface area contributed by atoms with Crippen molar-refractivity contribution in [3.05, 3.63) is 100 Å². The van der Waals surface area contributed by atoms with E-state index in [1.165, 1.54) is 24.3 Å². The molecule has 0 atom stereocenters. The van der Waals surface area contributed by atoms with Crippen LogP contribution in [0.25, 0.3) is 0 Å². The Kier molecular flexibility index (Phi) is 6.37. The fraction of sp³-hybridized carbons (Fsp3) is 0.0870. The molecule has 0 aliphatic rings. The van der Waals surface area contributed by atoms with Crippen LogP contribution < -0.4 is 0 Å². The molecule has 0 amide bonds. The van der Waals surface area contributed by atoms with E-state index in [-0.39, 0.29) is 21.6 Å². The smallest absolute Gasteiger partial charge is 0.416 e. The first-order valence-electron chi connectivity index (χ1n) is 8.99. The number of rotatable bonds is 4. The van der Waals surface area contributed by atoms with E-state index in [2.05, 4.69) is 11.8 Å². The second-order valence-electron chi connectivity index (χ2n) is 6.73. The van der Waals surface area contributed by atoms with Gasteiger partial charge in [-0.2, -0.15) is 13.2 Å². The highest BCUT2D eigenvalue weighted by molar-refractivity contribution is 7.90. The highest BCUT2D eigenvalue weighted by atomic mass is 32.2. The van der Waals surface area contributed by atoms with Gasteiger partial charge in [-0.15, -0.1) is 0 Å². The second-order valence-corrected chi connectivity index (χ2v) is 8.68. The Labute approximate surface area is 181 Å². The minimum atomic E-state index is -4.55. The van der Waals surface area contributed by atoms with Crippen LogP contribution in [0, 0.1) is 17.7 Å². The van der Waals surface area contributed by atoms with Crippen LogP contribution in [0.1, 0.15) is 32.6 Å². The summed E-state index contributed by atoms with van der Waals surface area (Å²) in [5.41, 5.74) is -0.700. The van der Waals surface area contributed by atoms with Gasteiger partial charge in [0.2, 0.25) is 0 Å². The third kappa shape index (κ3) is 5.53. The van der Waals surface area contributed by atoms with Gasteiger partial charge in [0.25, 0.3) is 0 Å². The number of carboxylic acids is 1. The van der Waals surface area contributed by atoms with Crippen molar-refractivity contribution in [3.63, 3.8) is 0 Å². The highest BCUT2D eigenvalue weighted by Crippen LogP contribution is 2.30. The topological polar surface area (TPSA) is 71.4 Å². The first-order valence-corrected chi connectivity index (χ1v) is 10.6. The minimum Gasteiger partial charge on any atom is -0.478 e. The van der Waals surface area contributed by atoms with Crippen LogP contribution in [0.2, 0.25) is 0 Å². The summed E-state index contributed by atoms with van der Waals surface area (Å²) < 4.78 is 77.1. The van der Waals surface area contributed by atoms with Crippen LogP contribution >= 0.6 is 0 Å². The number of hydrogen-bond acceptors (Lipinski definition) is 3. The van der Waals surface area contributed by atoms with E-state index < -0.39 is 39.1 Å². The second kappa shape index (κ2) is 8.85. The molecule has 0 aromatic heterocycles. The molecule has 32 heavy (non-hydrogen) atoms. The van der Waals surface area contributed by atoms with Crippen molar-refractivity contribution in [3.8, 4) is 11.8 Å². The van der Waals surface area contributed by atoms with Crippen LogP contribution in [0.4, 0.5) is 17.6 Å². The molecule has 0 spiro atoms. The summed E-state index contributed by atoms with van der Waals surface area (Å²) in [7, 11) is -4.08. The van der Waals surface area contributed by atoms with E-state index in [1.807, 2.05) is 0 Å². The molecule has 3 aromatic rings. The Bertz CT molecular complexity index is 1320. The molecule has 1 N–H and O–H groups in total. The van der Waals surface area contributed by atoms with E-state index >= 15 is 0 Å². The standard InChI is InChI=1S/C23H14F4O4S/c24-20-10-4-15(5-11-20)1-6-17-13-18(22(28)29)7-12-21(17)32(30,31)14-16-2-8-19(9-3-16)23(25,26)27/h2-5,7-13H,14H2,(H,28,29). The highest BCUT2D eigenvalue weighted by Gasteiger charge is 2.30. The van der Waals surface area contributed by atoms with Crippen LogP contribution in [-0.4, -0.2) is 19.5 Å². The Hall–Kier alpha value is -3.64. The SMILES string of the molecule is O=C(O)c1ccc(S(=O)(=O)Cc2ccc(C(F)(F)F)cc2)c(C#Cc2ccc(F)cc2)c1. The summed E-state index contributed by atoms with van der Waals surface area (Å²) in [5.74, 6) is 2.88. The van der Waals surface area contributed by atoms with Gasteiger partial charge in [-0.05, 0) is 60.2 Å². The van der Waals surface area contributed by atoms with Crippen molar-refractivity contribution in [2.45, 2.75) is 16.8 Å². The van der Waals surface area contributed by atoms with Gasteiger partial charge in [0.05, 0.1) is 21.8 Å². The maximum Gasteiger partial charge on any atom is 0.416 e. The number of benzene rings is 3. The fourth-order valence-corrected chi connectivity index (χ4v) is 4.30. The number of carbonyl (C=O) groups is 1. The van der Waals surface area contributed by atoms with Gasteiger partial charge in [0, 0.05) is 11.1 Å². The summed E-state index contributed by atoms with van der Waals surface area (Å²) in [6.45, 7) is 0. The van der Waals surface area contributed by atoms with Crippen LogP contribution in [0.15, 0.2) is 71.6 Å².